The van der Waals surface area contributed by atoms with Crippen LogP contribution >= 0.6 is 11.3 Å². The lowest BCUT2D eigenvalue weighted by atomic mass is 10.2. The summed E-state index contributed by atoms with van der Waals surface area (Å²) in [5, 5.41) is 1.52. The molecule has 26 heavy (non-hydrogen) atoms. The smallest absolute Gasteiger partial charge is 0.229 e. The Labute approximate surface area is 154 Å². The van der Waals surface area contributed by atoms with Crippen molar-refractivity contribution in [3.8, 4) is 0 Å². The Bertz CT molecular complexity index is 1130. The maximum absolute atomic E-state index is 12.2. The van der Waals surface area contributed by atoms with Crippen LogP contribution in [0, 0.1) is 0 Å². The molecule has 6 heteroatoms. The van der Waals surface area contributed by atoms with Gasteiger partial charge in [-0.25, -0.2) is 4.98 Å². The molecule has 0 aliphatic rings. The molecule has 0 bridgehead atoms. The van der Waals surface area contributed by atoms with Crippen LogP contribution in [-0.2, 0) is 11.3 Å². The summed E-state index contributed by atoms with van der Waals surface area (Å²) >= 11 is 1.37. The first-order valence-corrected chi connectivity index (χ1v) is 9.11. The Balaban J connectivity index is 1.87. The highest BCUT2D eigenvalue weighted by Crippen LogP contribution is 2.36. The van der Waals surface area contributed by atoms with E-state index in [2.05, 4.69) is 0 Å². The molecule has 0 aliphatic carbocycles. The predicted molar refractivity (Wildman–Crippen MR) is 105 cm³/mol. The average Bonchev–Trinajstić information content (AvgIpc) is 3.17. The van der Waals surface area contributed by atoms with Crippen molar-refractivity contribution in [2.45, 2.75) is 20.4 Å². The van der Waals surface area contributed by atoms with E-state index in [1.54, 1.807) is 9.47 Å². The Morgan fingerprint density at radius 2 is 1.73 bits per heavy atom. The third-order valence-corrected chi connectivity index (χ3v) is 5.37. The molecular formula is C20H17N3O2S. The zero-order chi connectivity index (χ0) is 18.3. The van der Waals surface area contributed by atoms with E-state index in [0.29, 0.717) is 11.7 Å². The molecule has 5 nitrogen and oxygen atoms in total. The zero-order valence-electron chi connectivity index (χ0n) is 14.5. The van der Waals surface area contributed by atoms with Gasteiger partial charge in [0.15, 0.2) is 5.13 Å². The lowest BCUT2D eigenvalue weighted by molar-refractivity contribution is -0.116. The molecule has 4 aromatic rings. The van der Waals surface area contributed by atoms with Crippen molar-refractivity contribution in [2.24, 2.45) is 0 Å². The number of carbonyl (C=O) groups is 2. The van der Waals surface area contributed by atoms with Crippen LogP contribution < -0.4 is 4.90 Å². The van der Waals surface area contributed by atoms with Crippen molar-refractivity contribution >= 4 is 49.5 Å². The van der Waals surface area contributed by atoms with Crippen molar-refractivity contribution in [3.05, 3.63) is 60.2 Å². The molecule has 0 fully saturated rings. The molecule has 0 unspecified atom stereocenters. The minimum atomic E-state index is -0.0797. The normalized spacial score (nSPS) is 11.2. The number of carbonyl (C=O) groups excluding carboxylic acids is 2. The van der Waals surface area contributed by atoms with Gasteiger partial charge in [0.1, 0.15) is 10.3 Å². The Kier molecular flexibility index (Phi) is 4.05. The largest absolute Gasteiger partial charge is 0.284 e. The number of thiazole rings is 1. The van der Waals surface area contributed by atoms with E-state index >= 15 is 0 Å². The maximum atomic E-state index is 12.2. The summed E-state index contributed by atoms with van der Waals surface area (Å²) in [7, 11) is 0. The fraction of sp³-hybridized carbons (Fsp3) is 0.150. The Morgan fingerprint density at radius 1 is 1.04 bits per heavy atom. The molecule has 0 saturated carbocycles. The van der Waals surface area contributed by atoms with Crippen LogP contribution in [0.15, 0.2) is 54.6 Å². The molecule has 0 aliphatic heterocycles. The second-order valence-corrected chi connectivity index (χ2v) is 7.07. The fourth-order valence-electron chi connectivity index (χ4n) is 3.11. The number of para-hydroxylation sites is 1. The van der Waals surface area contributed by atoms with Crippen LogP contribution in [0.3, 0.4) is 0 Å². The molecular weight excluding hydrogens is 346 g/mol. The van der Waals surface area contributed by atoms with Gasteiger partial charge in [-0.3, -0.25) is 19.1 Å². The maximum Gasteiger partial charge on any atom is 0.229 e. The first kappa shape index (κ1) is 16.5. The molecule has 0 atom stereocenters. The quantitative estimate of drug-likeness (QED) is 0.540. The van der Waals surface area contributed by atoms with Gasteiger partial charge < -0.3 is 0 Å². The average molecular weight is 363 g/mol. The molecule has 0 N–H and O–H groups in total. The van der Waals surface area contributed by atoms with E-state index in [-0.39, 0.29) is 11.8 Å². The number of aromatic nitrogens is 2. The number of hydrogen-bond acceptors (Lipinski definition) is 4. The number of benzene rings is 2. The molecule has 2 heterocycles. The van der Waals surface area contributed by atoms with E-state index in [1.807, 2.05) is 54.6 Å². The van der Waals surface area contributed by atoms with Gasteiger partial charge >= 0.3 is 0 Å². The van der Waals surface area contributed by atoms with Crippen LogP contribution in [0.5, 0.6) is 0 Å². The summed E-state index contributed by atoms with van der Waals surface area (Å²) in [6, 6.07) is 17.5. The zero-order valence-corrected chi connectivity index (χ0v) is 15.3. The van der Waals surface area contributed by atoms with Gasteiger partial charge in [-0.15, -0.1) is 0 Å². The third-order valence-electron chi connectivity index (χ3n) is 4.31. The molecule has 0 spiro atoms. The molecule has 1 amide bonds. The second-order valence-electron chi connectivity index (χ2n) is 6.11. The van der Waals surface area contributed by atoms with Gasteiger partial charge in [0.2, 0.25) is 11.8 Å². The van der Waals surface area contributed by atoms with Crippen LogP contribution in [0.2, 0.25) is 0 Å². The molecule has 130 valence electrons. The second kappa shape index (κ2) is 6.38. The molecule has 0 radical (unpaired) electrons. The summed E-state index contributed by atoms with van der Waals surface area (Å²) < 4.78 is 1.67. The predicted octanol–water partition coefficient (Wildman–Crippen LogP) is 4.46. The van der Waals surface area contributed by atoms with E-state index in [1.165, 1.54) is 25.2 Å². The van der Waals surface area contributed by atoms with Crippen molar-refractivity contribution < 1.29 is 9.59 Å². The minimum absolute atomic E-state index is 0.0659. The van der Waals surface area contributed by atoms with Gasteiger partial charge in [0, 0.05) is 19.2 Å². The highest BCUT2D eigenvalue weighted by molar-refractivity contribution is 7.22. The van der Waals surface area contributed by atoms with Gasteiger partial charge in [-0.2, -0.15) is 0 Å². The Morgan fingerprint density at radius 3 is 2.42 bits per heavy atom. The van der Waals surface area contributed by atoms with Crippen molar-refractivity contribution in [1.82, 2.24) is 9.55 Å². The minimum Gasteiger partial charge on any atom is -0.284 e. The summed E-state index contributed by atoms with van der Waals surface area (Å²) in [6.07, 6.45) is 0. The number of fused-ring (bicyclic) bond motifs is 3. The highest BCUT2D eigenvalue weighted by Gasteiger charge is 2.22. The highest BCUT2D eigenvalue weighted by atomic mass is 32.1. The number of hydrogen-bond donors (Lipinski definition) is 0. The van der Waals surface area contributed by atoms with Crippen molar-refractivity contribution in [2.75, 3.05) is 4.90 Å². The van der Waals surface area contributed by atoms with Gasteiger partial charge in [-0.05, 0) is 11.6 Å². The van der Waals surface area contributed by atoms with E-state index in [4.69, 9.17) is 4.98 Å². The summed E-state index contributed by atoms with van der Waals surface area (Å²) in [5.74, 6) is -0.146. The van der Waals surface area contributed by atoms with Gasteiger partial charge in [0.25, 0.3) is 0 Å². The van der Waals surface area contributed by atoms with Gasteiger partial charge in [-0.1, -0.05) is 59.9 Å². The first-order valence-electron chi connectivity index (χ1n) is 8.29. The summed E-state index contributed by atoms with van der Waals surface area (Å²) in [5.41, 5.74) is 2.63. The van der Waals surface area contributed by atoms with E-state index in [9.17, 15) is 9.59 Å². The first-order chi connectivity index (χ1) is 12.6. The Hall–Kier alpha value is -2.99. The monoisotopic (exact) mass is 363 g/mol. The SMILES string of the molecule is CC(=O)N(Cc1ccccc1)c1nc2c3ccccc3n(C(C)=O)c2s1. The standard InChI is InChI=1S/C20H17N3O2S/c1-13(24)22(12-15-8-4-3-5-9-15)20-21-18-16-10-6-7-11-17(16)23(14(2)25)19(18)26-20/h3-11H,12H2,1-2H3. The number of amides is 1. The third kappa shape index (κ3) is 2.68. The van der Waals surface area contributed by atoms with Crippen LogP contribution in [0.4, 0.5) is 5.13 Å². The number of anilines is 1. The topological polar surface area (TPSA) is 55.2 Å². The number of nitrogens with zero attached hydrogens (tertiary/aromatic N) is 3. The van der Waals surface area contributed by atoms with Crippen LogP contribution in [0.1, 0.15) is 24.2 Å². The number of rotatable bonds is 3. The van der Waals surface area contributed by atoms with Gasteiger partial charge in [0.05, 0.1) is 12.1 Å². The molecule has 0 saturated heterocycles. The van der Waals surface area contributed by atoms with Crippen LogP contribution in [0.25, 0.3) is 21.3 Å². The molecule has 2 aromatic carbocycles. The van der Waals surface area contributed by atoms with E-state index < -0.39 is 0 Å². The lowest BCUT2D eigenvalue weighted by Gasteiger charge is -2.17. The van der Waals surface area contributed by atoms with E-state index in [0.717, 1.165) is 26.8 Å². The van der Waals surface area contributed by atoms with Crippen LogP contribution in [-0.4, -0.2) is 21.4 Å². The molecule has 4 rings (SSSR count). The van der Waals surface area contributed by atoms with Crippen molar-refractivity contribution in [1.29, 1.82) is 0 Å². The summed E-state index contributed by atoms with van der Waals surface area (Å²) in [4.78, 5) is 31.6. The van der Waals surface area contributed by atoms with Crippen molar-refractivity contribution in [3.63, 3.8) is 0 Å². The molecule has 2 aromatic heterocycles. The summed E-state index contributed by atoms with van der Waals surface area (Å²) in [6.45, 7) is 3.52. The lowest BCUT2D eigenvalue weighted by Crippen LogP contribution is -2.27. The fourth-order valence-corrected chi connectivity index (χ4v) is 4.30.